The number of benzene rings is 2. The SMILES string of the molecule is CCCCCN(CC(=O)N(Cc1cccn1Cc1cccc(OC)c1)C(C)CC)C(=O)c1ccc(C(C)(C)C)cc1. The van der Waals surface area contributed by atoms with Crippen molar-refractivity contribution in [1.29, 1.82) is 0 Å². The van der Waals surface area contributed by atoms with Crippen LogP contribution in [-0.2, 0) is 23.3 Å². The maximum atomic E-state index is 13.9. The number of hydrogen-bond acceptors (Lipinski definition) is 3. The van der Waals surface area contributed by atoms with E-state index in [2.05, 4.69) is 64.4 Å². The van der Waals surface area contributed by atoms with Gasteiger partial charge in [0, 0.05) is 36.6 Å². The summed E-state index contributed by atoms with van der Waals surface area (Å²) < 4.78 is 7.57. The zero-order chi connectivity index (χ0) is 30.0. The Hall–Kier alpha value is -3.54. The summed E-state index contributed by atoms with van der Waals surface area (Å²) in [6.45, 7) is 14.6. The maximum Gasteiger partial charge on any atom is 0.254 e. The van der Waals surface area contributed by atoms with E-state index in [9.17, 15) is 9.59 Å². The second kappa shape index (κ2) is 14.9. The van der Waals surface area contributed by atoms with Gasteiger partial charge in [0.25, 0.3) is 5.91 Å². The Morgan fingerprint density at radius 3 is 2.34 bits per heavy atom. The Balaban J connectivity index is 1.80. The molecule has 0 spiro atoms. The van der Waals surface area contributed by atoms with Gasteiger partial charge >= 0.3 is 0 Å². The first-order valence-corrected chi connectivity index (χ1v) is 15.0. The Bertz CT molecular complexity index is 1260. The average molecular weight is 560 g/mol. The summed E-state index contributed by atoms with van der Waals surface area (Å²) in [6.07, 6.45) is 5.84. The minimum atomic E-state index is -0.0830. The van der Waals surface area contributed by atoms with Crippen LogP contribution in [0.4, 0.5) is 0 Å². The predicted octanol–water partition coefficient (Wildman–Crippen LogP) is 7.30. The maximum absolute atomic E-state index is 13.9. The lowest BCUT2D eigenvalue weighted by molar-refractivity contribution is -0.134. The van der Waals surface area contributed by atoms with Gasteiger partial charge in [-0.05, 0) is 72.7 Å². The van der Waals surface area contributed by atoms with E-state index < -0.39 is 0 Å². The topological polar surface area (TPSA) is 54.8 Å². The Kier molecular flexibility index (Phi) is 11.6. The third kappa shape index (κ3) is 8.97. The van der Waals surface area contributed by atoms with Gasteiger partial charge in [-0.1, -0.05) is 71.7 Å². The number of carbonyl (C=O) groups excluding carboxylic acids is 2. The van der Waals surface area contributed by atoms with Crippen molar-refractivity contribution in [3.63, 3.8) is 0 Å². The van der Waals surface area contributed by atoms with E-state index in [4.69, 9.17) is 4.74 Å². The molecule has 0 aliphatic rings. The highest BCUT2D eigenvalue weighted by Gasteiger charge is 2.26. The standard InChI is InChI=1S/C35H49N3O3/c1-8-10-11-21-37(34(40)29-17-19-30(20-18-29)35(4,5)6)26-33(39)38(27(3)9-2)25-31-15-13-22-36(31)24-28-14-12-16-32(23-28)41-7/h12-20,22-23,27H,8-11,21,24-26H2,1-7H3. The van der Waals surface area contributed by atoms with Crippen molar-refractivity contribution < 1.29 is 14.3 Å². The molecule has 0 fully saturated rings. The molecular weight excluding hydrogens is 510 g/mol. The first-order chi connectivity index (χ1) is 19.6. The highest BCUT2D eigenvalue weighted by Crippen LogP contribution is 2.23. The second-order valence-corrected chi connectivity index (χ2v) is 12.0. The third-order valence-electron chi connectivity index (χ3n) is 7.83. The third-order valence-corrected chi connectivity index (χ3v) is 7.83. The fourth-order valence-corrected chi connectivity index (χ4v) is 4.95. The summed E-state index contributed by atoms with van der Waals surface area (Å²) in [5.74, 6) is 0.721. The van der Waals surface area contributed by atoms with E-state index in [0.717, 1.165) is 42.7 Å². The summed E-state index contributed by atoms with van der Waals surface area (Å²) in [5.41, 5.74) is 4.02. The highest BCUT2D eigenvalue weighted by molar-refractivity contribution is 5.96. The van der Waals surface area contributed by atoms with Crippen molar-refractivity contribution in [1.82, 2.24) is 14.4 Å². The van der Waals surface area contributed by atoms with Gasteiger partial charge in [0.2, 0.25) is 5.91 Å². The number of unbranched alkanes of at least 4 members (excludes halogenated alkanes) is 2. The molecule has 2 aromatic carbocycles. The molecule has 1 aromatic heterocycles. The number of amides is 2. The van der Waals surface area contributed by atoms with Gasteiger partial charge in [0.15, 0.2) is 0 Å². The van der Waals surface area contributed by atoms with Crippen molar-refractivity contribution in [3.05, 3.63) is 89.2 Å². The minimum Gasteiger partial charge on any atom is -0.497 e. The molecule has 1 unspecified atom stereocenters. The molecule has 0 N–H and O–H groups in total. The van der Waals surface area contributed by atoms with Gasteiger partial charge in [-0.25, -0.2) is 0 Å². The molecule has 0 aliphatic heterocycles. The van der Waals surface area contributed by atoms with Crippen molar-refractivity contribution >= 4 is 11.8 Å². The lowest BCUT2D eigenvalue weighted by atomic mass is 9.86. The zero-order valence-corrected chi connectivity index (χ0v) is 26.2. The summed E-state index contributed by atoms with van der Waals surface area (Å²) in [5, 5.41) is 0. The van der Waals surface area contributed by atoms with Crippen molar-refractivity contribution in [2.24, 2.45) is 0 Å². The van der Waals surface area contributed by atoms with Gasteiger partial charge in [0.1, 0.15) is 12.3 Å². The number of ether oxygens (including phenoxy) is 1. The molecule has 3 rings (SSSR count). The van der Waals surface area contributed by atoms with Gasteiger partial charge in [-0.15, -0.1) is 0 Å². The number of carbonyl (C=O) groups is 2. The van der Waals surface area contributed by atoms with Gasteiger partial charge in [-0.3, -0.25) is 9.59 Å². The fraction of sp³-hybridized carbons (Fsp3) is 0.486. The molecule has 41 heavy (non-hydrogen) atoms. The van der Waals surface area contributed by atoms with E-state index in [1.165, 1.54) is 5.56 Å². The fourth-order valence-electron chi connectivity index (χ4n) is 4.95. The summed E-state index contributed by atoms with van der Waals surface area (Å²) in [4.78, 5) is 31.2. The lowest BCUT2D eigenvalue weighted by Gasteiger charge is -2.32. The number of nitrogens with zero attached hydrogens (tertiary/aromatic N) is 3. The van der Waals surface area contributed by atoms with Crippen molar-refractivity contribution in [2.75, 3.05) is 20.2 Å². The smallest absolute Gasteiger partial charge is 0.254 e. The van der Waals surface area contributed by atoms with Crippen LogP contribution in [0.15, 0.2) is 66.9 Å². The molecule has 1 atom stereocenters. The first-order valence-electron chi connectivity index (χ1n) is 15.0. The van der Waals surface area contributed by atoms with E-state index in [-0.39, 0.29) is 29.8 Å². The molecule has 6 heteroatoms. The zero-order valence-electron chi connectivity index (χ0n) is 26.2. The summed E-state index contributed by atoms with van der Waals surface area (Å²) >= 11 is 0. The molecule has 0 saturated carbocycles. The van der Waals surface area contributed by atoms with Crippen LogP contribution in [0, 0.1) is 0 Å². The van der Waals surface area contributed by atoms with Crippen LogP contribution in [0.1, 0.15) is 94.4 Å². The molecule has 1 heterocycles. The summed E-state index contributed by atoms with van der Waals surface area (Å²) in [6, 6.07) is 20.1. The van der Waals surface area contributed by atoms with Crippen molar-refractivity contribution in [2.45, 2.75) is 91.8 Å². The van der Waals surface area contributed by atoms with Crippen molar-refractivity contribution in [3.8, 4) is 5.75 Å². The van der Waals surface area contributed by atoms with Crippen LogP contribution in [0.5, 0.6) is 5.75 Å². The van der Waals surface area contributed by atoms with E-state index in [1.807, 2.05) is 53.4 Å². The number of methoxy groups -OCH3 is 1. The molecule has 0 aliphatic carbocycles. The quantitative estimate of drug-likeness (QED) is 0.195. The number of rotatable bonds is 14. The highest BCUT2D eigenvalue weighted by atomic mass is 16.5. The van der Waals surface area contributed by atoms with E-state index >= 15 is 0 Å². The summed E-state index contributed by atoms with van der Waals surface area (Å²) in [7, 11) is 1.67. The Morgan fingerprint density at radius 1 is 0.976 bits per heavy atom. The normalized spacial score (nSPS) is 12.2. The first kappa shape index (κ1) is 32.0. The minimum absolute atomic E-state index is 0.0133. The van der Waals surface area contributed by atoms with Crippen LogP contribution in [0.25, 0.3) is 0 Å². The molecule has 222 valence electrons. The van der Waals surface area contributed by atoms with Crippen LogP contribution in [-0.4, -0.2) is 52.4 Å². The van der Waals surface area contributed by atoms with Crippen LogP contribution >= 0.6 is 0 Å². The number of hydrogen-bond donors (Lipinski definition) is 0. The largest absolute Gasteiger partial charge is 0.497 e. The molecular formula is C35H49N3O3. The van der Waals surface area contributed by atoms with Gasteiger partial charge in [0.05, 0.1) is 13.7 Å². The lowest BCUT2D eigenvalue weighted by Crippen LogP contribution is -2.46. The molecule has 3 aromatic rings. The van der Waals surface area contributed by atoms with Crippen LogP contribution in [0.3, 0.4) is 0 Å². The van der Waals surface area contributed by atoms with Crippen LogP contribution in [0.2, 0.25) is 0 Å². The van der Waals surface area contributed by atoms with Crippen LogP contribution < -0.4 is 4.74 Å². The monoisotopic (exact) mass is 559 g/mol. The molecule has 2 amide bonds. The predicted molar refractivity (Wildman–Crippen MR) is 167 cm³/mol. The molecule has 0 bridgehead atoms. The average Bonchev–Trinajstić information content (AvgIpc) is 3.40. The Labute approximate surface area is 247 Å². The number of aromatic nitrogens is 1. The van der Waals surface area contributed by atoms with Gasteiger partial charge in [-0.2, -0.15) is 0 Å². The van der Waals surface area contributed by atoms with E-state index in [0.29, 0.717) is 25.2 Å². The van der Waals surface area contributed by atoms with Gasteiger partial charge < -0.3 is 19.1 Å². The molecule has 0 saturated heterocycles. The molecule has 6 nitrogen and oxygen atoms in total. The second-order valence-electron chi connectivity index (χ2n) is 12.0. The molecule has 0 radical (unpaired) electrons. The van der Waals surface area contributed by atoms with E-state index in [1.54, 1.807) is 12.0 Å². The Morgan fingerprint density at radius 2 is 1.71 bits per heavy atom.